The highest BCUT2D eigenvalue weighted by molar-refractivity contribution is 7.07. The molecule has 1 aromatic carbocycles. The van der Waals surface area contributed by atoms with Crippen LogP contribution in [0, 0.1) is 5.92 Å². The third-order valence-electron chi connectivity index (χ3n) is 5.30. The van der Waals surface area contributed by atoms with Gasteiger partial charge in [0.1, 0.15) is 0 Å². The first-order valence-corrected chi connectivity index (χ1v) is 10.2. The van der Waals surface area contributed by atoms with E-state index in [9.17, 15) is 9.59 Å². The summed E-state index contributed by atoms with van der Waals surface area (Å²) in [6.45, 7) is 1.71. The molecule has 2 aliphatic rings. The normalized spacial score (nSPS) is 20.3. The van der Waals surface area contributed by atoms with Crippen molar-refractivity contribution >= 4 is 34.9 Å². The summed E-state index contributed by atoms with van der Waals surface area (Å²) >= 11 is 6.94. The van der Waals surface area contributed by atoms with Crippen LogP contribution in [0.25, 0.3) is 11.4 Å². The summed E-state index contributed by atoms with van der Waals surface area (Å²) in [5, 5.41) is 7.95. The van der Waals surface area contributed by atoms with Gasteiger partial charge in [0, 0.05) is 31.1 Å². The van der Waals surface area contributed by atoms with Crippen molar-refractivity contribution in [2.45, 2.75) is 6.04 Å². The van der Waals surface area contributed by atoms with Crippen molar-refractivity contribution in [3.8, 4) is 11.4 Å². The lowest BCUT2D eigenvalue weighted by atomic mass is 9.91. The second kappa shape index (κ2) is 7.16. The predicted molar refractivity (Wildman–Crippen MR) is 107 cm³/mol. The van der Waals surface area contributed by atoms with Gasteiger partial charge in [0.15, 0.2) is 11.0 Å². The summed E-state index contributed by atoms with van der Waals surface area (Å²) in [5.41, 5.74) is 1.29. The number of halogens is 1. The van der Waals surface area contributed by atoms with E-state index in [1.54, 1.807) is 9.80 Å². The molecule has 2 fully saturated rings. The fourth-order valence-corrected chi connectivity index (χ4v) is 4.62. The van der Waals surface area contributed by atoms with E-state index in [4.69, 9.17) is 11.6 Å². The van der Waals surface area contributed by atoms with Crippen molar-refractivity contribution in [3.05, 3.63) is 58.3 Å². The number of hydrogen-bond donors (Lipinski definition) is 0. The van der Waals surface area contributed by atoms with Crippen LogP contribution in [0.1, 0.15) is 20.2 Å². The summed E-state index contributed by atoms with van der Waals surface area (Å²) in [4.78, 5) is 33.5. The zero-order chi connectivity index (χ0) is 20.0. The Morgan fingerprint density at radius 2 is 1.93 bits per heavy atom. The van der Waals surface area contributed by atoms with E-state index >= 15 is 0 Å². The van der Waals surface area contributed by atoms with Crippen LogP contribution in [0.2, 0.25) is 5.15 Å². The first kappa shape index (κ1) is 18.1. The SMILES string of the molecule is O=C(c1nc(-c2ccccc2)ns1)N1C[C@H]2CN(C(=O)c3cnnc(Cl)c3)[C@@H]2C1. The molecule has 2 aliphatic heterocycles. The van der Waals surface area contributed by atoms with Crippen molar-refractivity contribution in [2.75, 3.05) is 19.6 Å². The fraction of sp³-hybridized carbons (Fsp3) is 0.263. The summed E-state index contributed by atoms with van der Waals surface area (Å²) in [6.07, 6.45) is 1.41. The van der Waals surface area contributed by atoms with Gasteiger partial charge < -0.3 is 9.80 Å². The third-order valence-corrected chi connectivity index (χ3v) is 6.19. The molecule has 8 nitrogen and oxygen atoms in total. The minimum Gasteiger partial charge on any atom is -0.334 e. The molecule has 0 radical (unpaired) electrons. The van der Waals surface area contributed by atoms with Crippen LogP contribution in [0.5, 0.6) is 0 Å². The summed E-state index contributed by atoms with van der Waals surface area (Å²) in [7, 11) is 0. The van der Waals surface area contributed by atoms with Crippen LogP contribution in [0.15, 0.2) is 42.6 Å². The Morgan fingerprint density at radius 3 is 2.72 bits per heavy atom. The monoisotopic (exact) mass is 426 g/mol. The average molecular weight is 427 g/mol. The number of fused-ring (bicyclic) bond motifs is 1. The minimum atomic E-state index is -0.139. The van der Waals surface area contributed by atoms with Crippen LogP contribution >= 0.6 is 23.1 Å². The molecule has 0 aliphatic carbocycles. The van der Waals surface area contributed by atoms with Crippen LogP contribution in [-0.4, -0.2) is 66.8 Å². The lowest BCUT2D eigenvalue weighted by Gasteiger charge is -2.43. The molecular weight excluding hydrogens is 412 g/mol. The second-order valence-corrected chi connectivity index (χ2v) is 8.19. The zero-order valence-corrected chi connectivity index (χ0v) is 16.7. The highest BCUT2D eigenvalue weighted by Crippen LogP contribution is 2.34. The van der Waals surface area contributed by atoms with E-state index < -0.39 is 0 Å². The minimum absolute atomic E-state index is 0.0000870. The Balaban J connectivity index is 1.27. The first-order chi connectivity index (χ1) is 14.1. The summed E-state index contributed by atoms with van der Waals surface area (Å²) < 4.78 is 4.32. The van der Waals surface area contributed by atoms with Crippen LogP contribution < -0.4 is 0 Å². The van der Waals surface area contributed by atoms with Crippen molar-refractivity contribution in [2.24, 2.45) is 5.92 Å². The van der Waals surface area contributed by atoms with E-state index in [1.807, 2.05) is 30.3 Å². The lowest BCUT2D eigenvalue weighted by Crippen LogP contribution is -2.58. The number of nitrogens with zero attached hydrogens (tertiary/aromatic N) is 6. The standard InChI is InChI=1S/C19H15ClN6O2S/c20-15-6-12(7-21-23-15)18(27)26-9-13-8-25(10-14(13)26)19(28)17-22-16(24-29-17)11-4-2-1-3-5-11/h1-7,13-14H,8-10H2/t13-,14+/m0/s1. The van der Waals surface area contributed by atoms with Gasteiger partial charge in [-0.25, -0.2) is 4.98 Å². The molecule has 0 spiro atoms. The van der Waals surface area contributed by atoms with E-state index in [0.717, 1.165) is 17.1 Å². The van der Waals surface area contributed by atoms with Gasteiger partial charge in [-0.15, -0.1) is 5.10 Å². The van der Waals surface area contributed by atoms with E-state index in [1.165, 1.54) is 12.3 Å². The molecule has 10 heteroatoms. The van der Waals surface area contributed by atoms with E-state index in [-0.39, 0.29) is 28.9 Å². The molecule has 0 saturated carbocycles. The smallest absolute Gasteiger partial charge is 0.284 e. The zero-order valence-electron chi connectivity index (χ0n) is 15.1. The lowest BCUT2D eigenvalue weighted by molar-refractivity contribution is 0.0325. The van der Waals surface area contributed by atoms with Crippen LogP contribution in [0.3, 0.4) is 0 Å². The summed E-state index contributed by atoms with van der Waals surface area (Å²) in [6, 6.07) is 11.1. The highest BCUT2D eigenvalue weighted by Gasteiger charge is 2.49. The topological polar surface area (TPSA) is 92.2 Å². The van der Waals surface area contributed by atoms with Gasteiger partial charge in [-0.05, 0) is 17.6 Å². The molecule has 2 aromatic heterocycles. The van der Waals surface area contributed by atoms with Gasteiger partial charge in [0.2, 0.25) is 5.01 Å². The van der Waals surface area contributed by atoms with Crippen molar-refractivity contribution in [3.63, 3.8) is 0 Å². The molecule has 29 heavy (non-hydrogen) atoms. The number of amides is 2. The molecule has 3 aromatic rings. The molecule has 0 N–H and O–H groups in total. The fourth-order valence-electron chi connectivity index (χ4n) is 3.81. The number of carbonyl (C=O) groups excluding carboxylic acids is 2. The molecule has 4 heterocycles. The van der Waals surface area contributed by atoms with Crippen LogP contribution in [-0.2, 0) is 0 Å². The Hall–Kier alpha value is -2.91. The summed E-state index contributed by atoms with van der Waals surface area (Å²) in [5.74, 6) is 0.550. The maximum absolute atomic E-state index is 12.9. The maximum Gasteiger partial charge on any atom is 0.284 e. The van der Waals surface area contributed by atoms with Gasteiger partial charge in [-0.3, -0.25) is 9.59 Å². The molecule has 2 atom stereocenters. The number of carbonyl (C=O) groups is 2. The highest BCUT2D eigenvalue weighted by atomic mass is 35.5. The van der Waals surface area contributed by atoms with Crippen molar-refractivity contribution in [1.29, 1.82) is 0 Å². The molecular formula is C19H15ClN6O2S. The molecule has 5 rings (SSSR count). The molecule has 0 unspecified atom stereocenters. The molecule has 2 amide bonds. The quantitative estimate of drug-likeness (QED) is 0.637. The van der Waals surface area contributed by atoms with Gasteiger partial charge in [-0.2, -0.15) is 9.47 Å². The molecule has 2 saturated heterocycles. The number of hydrogen-bond acceptors (Lipinski definition) is 7. The number of benzene rings is 1. The van der Waals surface area contributed by atoms with Gasteiger partial charge in [0.25, 0.3) is 11.8 Å². The van der Waals surface area contributed by atoms with E-state index in [0.29, 0.717) is 36.0 Å². The number of likely N-dealkylation sites (tertiary alicyclic amines) is 2. The van der Waals surface area contributed by atoms with E-state index in [2.05, 4.69) is 19.6 Å². The number of rotatable bonds is 3. The first-order valence-electron chi connectivity index (χ1n) is 9.08. The predicted octanol–water partition coefficient (Wildman–Crippen LogP) is 2.25. The Kier molecular flexibility index (Phi) is 4.48. The average Bonchev–Trinajstić information content (AvgIpc) is 3.34. The van der Waals surface area contributed by atoms with Crippen molar-refractivity contribution < 1.29 is 9.59 Å². The maximum atomic E-state index is 12.9. The Bertz CT molecular complexity index is 1090. The van der Waals surface area contributed by atoms with Crippen LogP contribution in [0.4, 0.5) is 0 Å². The van der Waals surface area contributed by atoms with Gasteiger partial charge in [-0.1, -0.05) is 41.9 Å². The van der Waals surface area contributed by atoms with Gasteiger partial charge >= 0.3 is 0 Å². The third kappa shape index (κ3) is 3.26. The Morgan fingerprint density at radius 1 is 1.10 bits per heavy atom. The van der Waals surface area contributed by atoms with Gasteiger partial charge in [0.05, 0.1) is 17.8 Å². The molecule has 0 bridgehead atoms. The van der Waals surface area contributed by atoms with Crippen molar-refractivity contribution in [1.82, 2.24) is 29.4 Å². The Labute approximate surface area is 175 Å². The molecule has 146 valence electrons. The number of aromatic nitrogens is 4. The second-order valence-electron chi connectivity index (χ2n) is 7.05. The largest absolute Gasteiger partial charge is 0.334 e.